The first-order valence-electron chi connectivity index (χ1n) is 5.78. The molecule has 80 valence electrons. The Bertz CT molecular complexity index is 208. The quantitative estimate of drug-likeness (QED) is 0.597. The van der Waals surface area contributed by atoms with Crippen molar-refractivity contribution in [3.8, 4) is 0 Å². The van der Waals surface area contributed by atoms with E-state index in [0.29, 0.717) is 0 Å². The number of hydrogen-bond acceptors (Lipinski definition) is 0. The number of allylic oxidation sites excluding steroid dienone is 4. The summed E-state index contributed by atoms with van der Waals surface area (Å²) in [6.07, 6.45) is 9.02. The summed E-state index contributed by atoms with van der Waals surface area (Å²) in [5, 5.41) is 0. The van der Waals surface area contributed by atoms with Crippen LogP contribution in [0.4, 0.5) is 0 Å². The minimum absolute atomic E-state index is 0.877. The fourth-order valence-corrected chi connectivity index (χ4v) is 1.86. The molecule has 1 unspecified atom stereocenters. The highest BCUT2D eigenvalue weighted by molar-refractivity contribution is 5.33. The first-order chi connectivity index (χ1) is 6.81. The Morgan fingerprint density at radius 3 is 2.21 bits per heavy atom. The molecule has 0 saturated heterocycles. The molecule has 14 heavy (non-hydrogen) atoms. The third kappa shape index (κ3) is 3.53. The van der Waals surface area contributed by atoms with Crippen molar-refractivity contribution in [1.29, 1.82) is 0 Å². The highest BCUT2D eigenvalue weighted by atomic mass is 14.2. The lowest BCUT2D eigenvalue weighted by Crippen LogP contribution is -2.07. The first kappa shape index (κ1) is 13.2. The Kier molecular flexibility index (Phi) is 7.18. The number of rotatable bonds is 3. The molecule has 0 nitrogen and oxygen atoms in total. The van der Waals surface area contributed by atoms with Crippen LogP contribution < -0.4 is 0 Å². The van der Waals surface area contributed by atoms with E-state index in [9.17, 15) is 0 Å². The van der Waals surface area contributed by atoms with Gasteiger partial charge in [0.2, 0.25) is 0 Å². The molecular formula is C14H24. The van der Waals surface area contributed by atoms with E-state index >= 15 is 0 Å². The van der Waals surface area contributed by atoms with Gasteiger partial charge in [-0.2, -0.15) is 0 Å². The highest BCUT2D eigenvalue weighted by Crippen LogP contribution is 2.32. The third-order valence-electron chi connectivity index (χ3n) is 2.81. The minimum Gasteiger partial charge on any atom is -0.0988 e. The maximum atomic E-state index is 3.85. The monoisotopic (exact) mass is 192 g/mol. The predicted octanol–water partition coefficient (Wildman–Crippen LogP) is 4.89. The van der Waals surface area contributed by atoms with Gasteiger partial charge in [-0.05, 0) is 36.3 Å². The van der Waals surface area contributed by atoms with Crippen molar-refractivity contribution in [2.75, 3.05) is 0 Å². The van der Waals surface area contributed by atoms with Crippen LogP contribution in [0.5, 0.6) is 0 Å². The van der Waals surface area contributed by atoms with Crippen molar-refractivity contribution in [2.45, 2.75) is 46.5 Å². The van der Waals surface area contributed by atoms with Crippen LogP contribution >= 0.6 is 0 Å². The normalized spacial score (nSPS) is 20.9. The molecule has 0 heteroatoms. The second-order valence-corrected chi connectivity index (χ2v) is 3.48. The van der Waals surface area contributed by atoms with Gasteiger partial charge in [0.25, 0.3) is 0 Å². The van der Waals surface area contributed by atoms with Crippen molar-refractivity contribution >= 4 is 0 Å². The average Bonchev–Trinajstić information content (AvgIpc) is 2.30. The van der Waals surface area contributed by atoms with Gasteiger partial charge in [0.05, 0.1) is 0 Å². The lowest BCUT2D eigenvalue weighted by molar-refractivity contribution is 0.450. The van der Waals surface area contributed by atoms with Crippen LogP contribution in [0, 0.1) is 5.92 Å². The summed E-state index contributed by atoms with van der Waals surface area (Å²) < 4.78 is 0. The minimum atomic E-state index is 0.877. The van der Waals surface area contributed by atoms with Gasteiger partial charge in [-0.15, -0.1) is 0 Å². The Morgan fingerprint density at radius 1 is 1.21 bits per heavy atom. The van der Waals surface area contributed by atoms with E-state index in [1.807, 2.05) is 26.0 Å². The van der Waals surface area contributed by atoms with Crippen LogP contribution in [-0.4, -0.2) is 0 Å². The van der Waals surface area contributed by atoms with Crippen LogP contribution in [-0.2, 0) is 0 Å². The van der Waals surface area contributed by atoms with E-state index < -0.39 is 0 Å². The number of hydrogen-bond donors (Lipinski definition) is 0. The maximum absolute atomic E-state index is 3.85. The summed E-state index contributed by atoms with van der Waals surface area (Å²) in [6.45, 7) is 13.9. The van der Waals surface area contributed by atoms with E-state index in [0.717, 1.165) is 5.92 Å². The van der Waals surface area contributed by atoms with Gasteiger partial charge < -0.3 is 0 Å². The zero-order valence-corrected chi connectivity index (χ0v) is 9.97. The fraction of sp³-hybridized carbons (Fsp3) is 0.571. The standard InChI is InChI=1S/C12H18.C2H6/c1-4-10-7-8-11(5-2)12(6-3)9-10;1-2/h5-6,10H,2-4,7-9H2,1H3;1-2H3. The third-order valence-corrected chi connectivity index (χ3v) is 2.81. The maximum Gasteiger partial charge on any atom is -0.0248 e. The van der Waals surface area contributed by atoms with Crippen LogP contribution in [0.2, 0.25) is 0 Å². The molecule has 1 aliphatic rings. The van der Waals surface area contributed by atoms with Crippen molar-refractivity contribution in [2.24, 2.45) is 5.92 Å². The lowest BCUT2D eigenvalue weighted by Gasteiger charge is -2.23. The van der Waals surface area contributed by atoms with E-state index in [-0.39, 0.29) is 0 Å². The zero-order chi connectivity index (χ0) is 11.0. The van der Waals surface area contributed by atoms with E-state index in [2.05, 4.69) is 20.1 Å². The second-order valence-electron chi connectivity index (χ2n) is 3.48. The van der Waals surface area contributed by atoms with Gasteiger partial charge in [-0.1, -0.05) is 52.5 Å². The largest absolute Gasteiger partial charge is 0.0988 e. The van der Waals surface area contributed by atoms with Crippen molar-refractivity contribution < 1.29 is 0 Å². The molecule has 0 N–H and O–H groups in total. The molecule has 1 aliphatic carbocycles. The van der Waals surface area contributed by atoms with Gasteiger partial charge in [0.1, 0.15) is 0 Å². The van der Waals surface area contributed by atoms with E-state index in [1.54, 1.807) is 0 Å². The Hall–Kier alpha value is -0.780. The van der Waals surface area contributed by atoms with Gasteiger partial charge in [0.15, 0.2) is 0 Å². The summed E-state index contributed by atoms with van der Waals surface area (Å²) in [6, 6.07) is 0. The van der Waals surface area contributed by atoms with Crippen LogP contribution in [0.1, 0.15) is 46.5 Å². The molecule has 0 radical (unpaired) electrons. The van der Waals surface area contributed by atoms with Crippen molar-refractivity contribution in [1.82, 2.24) is 0 Å². The van der Waals surface area contributed by atoms with Crippen molar-refractivity contribution in [3.63, 3.8) is 0 Å². The topological polar surface area (TPSA) is 0 Å². The molecule has 0 aliphatic heterocycles. The van der Waals surface area contributed by atoms with Gasteiger partial charge >= 0.3 is 0 Å². The molecule has 0 fully saturated rings. The average molecular weight is 192 g/mol. The Morgan fingerprint density at radius 2 is 1.79 bits per heavy atom. The first-order valence-corrected chi connectivity index (χ1v) is 5.78. The summed E-state index contributed by atoms with van der Waals surface area (Å²) in [5.74, 6) is 0.877. The van der Waals surface area contributed by atoms with Gasteiger partial charge in [-0.3, -0.25) is 0 Å². The molecule has 0 saturated carbocycles. The summed E-state index contributed by atoms with van der Waals surface area (Å²) in [5.41, 5.74) is 2.83. The molecule has 1 atom stereocenters. The smallest absolute Gasteiger partial charge is 0.0248 e. The molecule has 0 aromatic rings. The molecule has 0 aromatic heterocycles. The highest BCUT2D eigenvalue weighted by Gasteiger charge is 2.15. The molecule has 0 spiro atoms. The fourth-order valence-electron chi connectivity index (χ4n) is 1.86. The Balaban J connectivity index is 0.000000791. The van der Waals surface area contributed by atoms with Crippen LogP contribution in [0.25, 0.3) is 0 Å². The molecular weight excluding hydrogens is 168 g/mol. The molecule has 0 heterocycles. The van der Waals surface area contributed by atoms with E-state index in [4.69, 9.17) is 0 Å². The molecule has 0 bridgehead atoms. The summed E-state index contributed by atoms with van der Waals surface area (Å²) in [4.78, 5) is 0. The molecule has 0 amide bonds. The van der Waals surface area contributed by atoms with Gasteiger partial charge in [-0.25, -0.2) is 0 Å². The zero-order valence-electron chi connectivity index (χ0n) is 9.97. The second kappa shape index (κ2) is 7.61. The summed E-state index contributed by atoms with van der Waals surface area (Å²) in [7, 11) is 0. The summed E-state index contributed by atoms with van der Waals surface area (Å²) >= 11 is 0. The predicted molar refractivity (Wildman–Crippen MR) is 66.4 cm³/mol. The van der Waals surface area contributed by atoms with E-state index in [1.165, 1.54) is 36.8 Å². The van der Waals surface area contributed by atoms with Gasteiger partial charge in [0, 0.05) is 0 Å². The van der Waals surface area contributed by atoms with Crippen LogP contribution in [0.3, 0.4) is 0 Å². The lowest BCUT2D eigenvalue weighted by atomic mass is 9.82. The van der Waals surface area contributed by atoms with Crippen LogP contribution in [0.15, 0.2) is 36.5 Å². The SMILES string of the molecule is C=CC1=C(C=C)CC(CC)CC1.CC. The van der Waals surface area contributed by atoms with Crippen molar-refractivity contribution in [3.05, 3.63) is 36.5 Å². The Labute approximate surface area is 89.4 Å². The molecule has 1 rings (SSSR count). The molecule has 0 aromatic carbocycles.